The molecule has 0 radical (unpaired) electrons. The van der Waals surface area contributed by atoms with Gasteiger partial charge >= 0.3 is 6.18 Å². The van der Waals surface area contributed by atoms with Gasteiger partial charge in [0.05, 0.1) is 11.1 Å². The van der Waals surface area contributed by atoms with E-state index in [2.05, 4.69) is 4.98 Å². The van der Waals surface area contributed by atoms with Crippen LogP contribution in [0.5, 0.6) is 0 Å². The Kier molecular flexibility index (Phi) is 3.48. The van der Waals surface area contributed by atoms with E-state index in [1.165, 1.54) is 6.07 Å². The van der Waals surface area contributed by atoms with Gasteiger partial charge in [-0.05, 0) is 24.1 Å². The molecular formula is C13H11ClF3N. The van der Waals surface area contributed by atoms with E-state index in [0.717, 1.165) is 18.1 Å². The average Bonchev–Trinajstić information content (AvgIpc) is 2.28. The van der Waals surface area contributed by atoms with Crippen molar-refractivity contribution in [2.24, 2.45) is 0 Å². The van der Waals surface area contributed by atoms with Crippen LogP contribution in [0.25, 0.3) is 10.9 Å². The van der Waals surface area contributed by atoms with E-state index in [9.17, 15) is 13.2 Å². The molecule has 96 valence electrons. The number of halogens is 4. The molecule has 0 saturated carbocycles. The highest BCUT2D eigenvalue weighted by Gasteiger charge is 2.33. The van der Waals surface area contributed by atoms with Crippen LogP contribution in [0.3, 0.4) is 0 Å². The van der Waals surface area contributed by atoms with E-state index in [1.54, 1.807) is 12.1 Å². The molecule has 18 heavy (non-hydrogen) atoms. The van der Waals surface area contributed by atoms with Gasteiger partial charge < -0.3 is 0 Å². The van der Waals surface area contributed by atoms with Crippen molar-refractivity contribution >= 4 is 22.5 Å². The highest BCUT2D eigenvalue weighted by Crippen LogP contribution is 2.35. The zero-order chi connectivity index (χ0) is 13.3. The van der Waals surface area contributed by atoms with Gasteiger partial charge in [-0.15, -0.1) is 0 Å². The van der Waals surface area contributed by atoms with Crippen LogP contribution in [-0.4, -0.2) is 4.98 Å². The van der Waals surface area contributed by atoms with Crippen molar-refractivity contribution in [1.82, 2.24) is 4.98 Å². The summed E-state index contributed by atoms with van der Waals surface area (Å²) in [5.41, 5.74) is -0.0502. The summed E-state index contributed by atoms with van der Waals surface area (Å²) in [6, 6.07) is 5.71. The minimum Gasteiger partial charge on any atom is -0.235 e. The maximum Gasteiger partial charge on any atom is 0.418 e. The molecule has 0 bridgehead atoms. The van der Waals surface area contributed by atoms with Crippen LogP contribution in [0.4, 0.5) is 13.2 Å². The molecule has 0 unspecified atom stereocenters. The molecule has 1 heterocycles. The minimum absolute atomic E-state index is 0.0881. The van der Waals surface area contributed by atoms with Gasteiger partial charge in [-0.3, -0.25) is 0 Å². The first-order valence-electron chi connectivity index (χ1n) is 5.59. The van der Waals surface area contributed by atoms with Gasteiger partial charge in [0.1, 0.15) is 5.15 Å². The van der Waals surface area contributed by atoms with E-state index < -0.39 is 11.7 Å². The first kappa shape index (κ1) is 13.1. The molecule has 0 aliphatic heterocycles. The summed E-state index contributed by atoms with van der Waals surface area (Å²) in [6.07, 6.45) is -2.84. The first-order chi connectivity index (χ1) is 8.43. The van der Waals surface area contributed by atoms with Crippen molar-refractivity contribution in [1.29, 1.82) is 0 Å². The minimum atomic E-state index is -4.41. The van der Waals surface area contributed by atoms with Gasteiger partial charge in [-0.2, -0.15) is 13.2 Å². The third kappa shape index (κ3) is 2.43. The summed E-state index contributed by atoms with van der Waals surface area (Å²) in [5.74, 6) is 0. The Balaban J connectivity index is 2.68. The van der Waals surface area contributed by atoms with E-state index in [4.69, 9.17) is 11.6 Å². The predicted octanol–water partition coefficient (Wildman–Crippen LogP) is 4.86. The third-order valence-electron chi connectivity index (χ3n) is 2.70. The molecule has 1 aromatic heterocycles. The number of fused-ring (bicyclic) bond motifs is 1. The number of rotatable bonds is 2. The number of alkyl halides is 3. The number of hydrogen-bond acceptors (Lipinski definition) is 1. The van der Waals surface area contributed by atoms with E-state index >= 15 is 0 Å². The van der Waals surface area contributed by atoms with Crippen LogP contribution in [0.1, 0.15) is 24.5 Å². The quantitative estimate of drug-likeness (QED) is 0.712. The smallest absolute Gasteiger partial charge is 0.235 e. The Morgan fingerprint density at radius 3 is 2.61 bits per heavy atom. The van der Waals surface area contributed by atoms with Gasteiger partial charge in [-0.1, -0.05) is 37.1 Å². The monoisotopic (exact) mass is 273 g/mol. The molecule has 0 fully saturated rings. The van der Waals surface area contributed by atoms with Crippen LogP contribution in [-0.2, 0) is 12.6 Å². The maximum atomic E-state index is 12.8. The number of benzene rings is 1. The lowest BCUT2D eigenvalue weighted by atomic mass is 10.1. The molecule has 0 N–H and O–H groups in total. The van der Waals surface area contributed by atoms with Crippen LogP contribution < -0.4 is 0 Å². The normalized spacial score (nSPS) is 12.1. The van der Waals surface area contributed by atoms with Crippen molar-refractivity contribution in [3.05, 3.63) is 40.5 Å². The Labute approximate surface area is 108 Å². The average molecular weight is 274 g/mol. The third-order valence-corrected chi connectivity index (χ3v) is 3.02. The van der Waals surface area contributed by atoms with Gasteiger partial charge in [0.2, 0.25) is 0 Å². The summed E-state index contributed by atoms with van der Waals surface area (Å²) in [5, 5.41) is 0.624. The molecule has 0 saturated heterocycles. The second-order valence-corrected chi connectivity index (χ2v) is 4.42. The second kappa shape index (κ2) is 4.76. The predicted molar refractivity (Wildman–Crippen MR) is 65.8 cm³/mol. The van der Waals surface area contributed by atoms with Gasteiger partial charge in [0.15, 0.2) is 0 Å². The second-order valence-electron chi connectivity index (χ2n) is 4.06. The summed E-state index contributed by atoms with van der Waals surface area (Å²) >= 11 is 5.93. The number of aryl methyl sites for hydroxylation is 1. The number of nitrogens with zero attached hydrogens (tertiary/aromatic N) is 1. The highest BCUT2D eigenvalue weighted by atomic mass is 35.5. The summed E-state index contributed by atoms with van der Waals surface area (Å²) in [4.78, 5) is 3.91. The summed E-state index contributed by atoms with van der Waals surface area (Å²) in [7, 11) is 0. The lowest BCUT2D eigenvalue weighted by molar-refractivity contribution is -0.136. The van der Waals surface area contributed by atoms with Crippen molar-refractivity contribution in [2.45, 2.75) is 25.9 Å². The van der Waals surface area contributed by atoms with E-state index in [1.807, 2.05) is 6.92 Å². The Hall–Kier alpha value is -1.29. The van der Waals surface area contributed by atoms with Crippen molar-refractivity contribution in [3.63, 3.8) is 0 Å². The Morgan fingerprint density at radius 1 is 1.28 bits per heavy atom. The standard InChI is InChI=1S/C13H11ClF3N/c1-2-4-9-7-8-5-3-6-10(13(15,16)17)11(8)18-12(9)14/h3,5-7H,2,4H2,1H3. The zero-order valence-corrected chi connectivity index (χ0v) is 10.4. The van der Waals surface area contributed by atoms with Gasteiger partial charge in [0.25, 0.3) is 0 Å². The molecule has 1 aromatic carbocycles. The van der Waals surface area contributed by atoms with E-state index in [-0.39, 0.29) is 10.7 Å². The van der Waals surface area contributed by atoms with Gasteiger partial charge in [-0.25, -0.2) is 4.98 Å². The molecule has 0 aliphatic carbocycles. The molecule has 0 atom stereocenters. The molecule has 0 spiro atoms. The molecule has 5 heteroatoms. The van der Waals surface area contributed by atoms with E-state index in [0.29, 0.717) is 11.8 Å². The SMILES string of the molecule is CCCc1cc2cccc(C(F)(F)F)c2nc1Cl. The van der Waals surface area contributed by atoms with Crippen molar-refractivity contribution < 1.29 is 13.2 Å². The zero-order valence-electron chi connectivity index (χ0n) is 9.68. The van der Waals surface area contributed by atoms with Crippen LogP contribution in [0.15, 0.2) is 24.3 Å². The van der Waals surface area contributed by atoms with Crippen molar-refractivity contribution in [2.75, 3.05) is 0 Å². The number of pyridine rings is 1. The fraction of sp³-hybridized carbons (Fsp3) is 0.308. The Morgan fingerprint density at radius 2 is 2.00 bits per heavy atom. The largest absolute Gasteiger partial charge is 0.418 e. The Bertz CT molecular complexity index is 578. The molecule has 0 aliphatic rings. The van der Waals surface area contributed by atoms with Crippen LogP contribution in [0.2, 0.25) is 5.15 Å². The molecule has 1 nitrogen and oxygen atoms in total. The number of hydrogen-bond donors (Lipinski definition) is 0. The van der Waals surface area contributed by atoms with Crippen LogP contribution >= 0.6 is 11.6 Å². The number of para-hydroxylation sites is 1. The lowest BCUT2D eigenvalue weighted by Gasteiger charge is -2.11. The van der Waals surface area contributed by atoms with Crippen molar-refractivity contribution in [3.8, 4) is 0 Å². The lowest BCUT2D eigenvalue weighted by Crippen LogP contribution is -2.07. The highest BCUT2D eigenvalue weighted by molar-refractivity contribution is 6.30. The maximum absolute atomic E-state index is 12.8. The number of aromatic nitrogens is 1. The molecule has 2 aromatic rings. The molecule has 0 amide bonds. The summed E-state index contributed by atoms with van der Waals surface area (Å²) < 4.78 is 38.4. The first-order valence-corrected chi connectivity index (χ1v) is 5.96. The van der Waals surface area contributed by atoms with Crippen LogP contribution in [0, 0.1) is 0 Å². The van der Waals surface area contributed by atoms with Gasteiger partial charge in [0, 0.05) is 5.39 Å². The molecule has 2 rings (SSSR count). The fourth-order valence-electron chi connectivity index (χ4n) is 1.89. The summed E-state index contributed by atoms with van der Waals surface area (Å²) in [6.45, 7) is 1.98. The topological polar surface area (TPSA) is 12.9 Å². The molecular weight excluding hydrogens is 263 g/mol. The fourth-order valence-corrected chi connectivity index (χ4v) is 2.13.